The van der Waals surface area contributed by atoms with Crippen LogP contribution in [-0.4, -0.2) is 18.5 Å². The maximum atomic E-state index is 12.5. The number of carbonyl (C=O) groups is 2. The predicted molar refractivity (Wildman–Crippen MR) is 119 cm³/mol. The third kappa shape index (κ3) is 6.47. The van der Waals surface area contributed by atoms with Crippen LogP contribution in [0, 0.1) is 0 Å². The molecule has 0 spiro atoms. The fourth-order valence-corrected chi connectivity index (χ4v) is 3.14. The number of halogens is 1. The van der Waals surface area contributed by atoms with Gasteiger partial charge in [0.2, 0.25) is 5.91 Å². The number of para-hydroxylation sites is 1. The molecule has 0 radical (unpaired) electrons. The highest BCUT2D eigenvalue weighted by atomic mass is 79.9. The smallest absolute Gasteiger partial charge is 0.319 e. The first-order valence-electron chi connectivity index (χ1n) is 9.31. The maximum absolute atomic E-state index is 12.5. The molecule has 148 valence electrons. The highest BCUT2D eigenvalue weighted by Gasteiger charge is 2.16. The Balaban J connectivity index is 1.56. The van der Waals surface area contributed by atoms with E-state index in [9.17, 15) is 9.59 Å². The van der Waals surface area contributed by atoms with Crippen molar-refractivity contribution in [1.82, 2.24) is 10.6 Å². The van der Waals surface area contributed by atoms with E-state index in [0.717, 1.165) is 15.6 Å². The average molecular weight is 452 g/mol. The number of anilines is 1. The summed E-state index contributed by atoms with van der Waals surface area (Å²) in [5.74, 6) is -0.137. The summed E-state index contributed by atoms with van der Waals surface area (Å²) in [7, 11) is 0. The number of urea groups is 1. The van der Waals surface area contributed by atoms with Crippen LogP contribution in [0.1, 0.15) is 23.6 Å². The van der Waals surface area contributed by atoms with Crippen LogP contribution in [0.25, 0.3) is 0 Å². The van der Waals surface area contributed by atoms with E-state index in [0.29, 0.717) is 5.69 Å². The first-order chi connectivity index (χ1) is 14.1. The second kappa shape index (κ2) is 10.4. The molecule has 1 atom stereocenters. The van der Waals surface area contributed by atoms with E-state index in [4.69, 9.17) is 0 Å². The van der Waals surface area contributed by atoms with Crippen molar-refractivity contribution in [3.63, 3.8) is 0 Å². The van der Waals surface area contributed by atoms with E-state index < -0.39 is 0 Å². The Labute approximate surface area is 178 Å². The molecule has 5 nitrogen and oxygen atoms in total. The van der Waals surface area contributed by atoms with Crippen LogP contribution < -0.4 is 16.0 Å². The normalized spacial score (nSPS) is 11.3. The van der Waals surface area contributed by atoms with Gasteiger partial charge in [-0.3, -0.25) is 4.79 Å². The van der Waals surface area contributed by atoms with Gasteiger partial charge in [-0.15, -0.1) is 0 Å². The number of carbonyl (C=O) groups excluding carboxylic acids is 2. The number of hydrogen-bond acceptors (Lipinski definition) is 2. The molecule has 29 heavy (non-hydrogen) atoms. The van der Waals surface area contributed by atoms with Crippen molar-refractivity contribution in [3.8, 4) is 0 Å². The molecule has 3 rings (SSSR count). The molecule has 1 unspecified atom stereocenters. The Morgan fingerprint density at radius 1 is 0.793 bits per heavy atom. The summed E-state index contributed by atoms with van der Waals surface area (Å²) >= 11 is 3.44. The molecule has 3 aromatic rings. The lowest BCUT2D eigenvalue weighted by Gasteiger charge is -2.20. The summed E-state index contributed by atoms with van der Waals surface area (Å²) in [4.78, 5) is 24.4. The van der Waals surface area contributed by atoms with Gasteiger partial charge in [0.1, 0.15) is 0 Å². The van der Waals surface area contributed by atoms with Crippen molar-refractivity contribution in [3.05, 3.63) is 101 Å². The minimum absolute atomic E-state index is 0.137. The van der Waals surface area contributed by atoms with Crippen molar-refractivity contribution >= 4 is 33.6 Å². The molecule has 0 aliphatic carbocycles. The molecule has 0 aromatic heterocycles. The van der Waals surface area contributed by atoms with Crippen LogP contribution in [-0.2, 0) is 4.79 Å². The number of rotatable bonds is 7. The zero-order valence-corrected chi connectivity index (χ0v) is 17.4. The van der Waals surface area contributed by atoms with Crippen LogP contribution in [0.2, 0.25) is 0 Å². The molecule has 0 bridgehead atoms. The molecule has 6 heteroatoms. The molecule has 3 aromatic carbocycles. The number of hydrogen-bond donors (Lipinski definition) is 3. The fraction of sp³-hybridized carbons (Fsp3) is 0.130. The first kappa shape index (κ1) is 20.6. The average Bonchev–Trinajstić information content (AvgIpc) is 2.74. The summed E-state index contributed by atoms with van der Waals surface area (Å²) in [5.41, 5.74) is 2.69. The standard InChI is InChI=1S/C23H22BrN3O2/c24-19-13-11-18(12-14-19)22(17-7-3-1-4-8-17)27-21(28)15-16-25-23(29)26-20-9-5-2-6-10-20/h1-14,22H,15-16H2,(H,27,28)(H2,25,26,29). The molecule has 0 saturated heterocycles. The maximum Gasteiger partial charge on any atom is 0.319 e. The van der Waals surface area contributed by atoms with Gasteiger partial charge in [0.25, 0.3) is 0 Å². The van der Waals surface area contributed by atoms with Gasteiger partial charge < -0.3 is 16.0 Å². The van der Waals surface area contributed by atoms with Crippen LogP contribution >= 0.6 is 15.9 Å². The Morgan fingerprint density at radius 3 is 2.03 bits per heavy atom. The van der Waals surface area contributed by atoms with Crippen LogP contribution in [0.4, 0.5) is 10.5 Å². The summed E-state index contributed by atoms with van der Waals surface area (Å²) in [6.45, 7) is 0.242. The van der Waals surface area contributed by atoms with Crippen LogP contribution in [0.3, 0.4) is 0 Å². The van der Waals surface area contributed by atoms with Crippen molar-refractivity contribution in [1.29, 1.82) is 0 Å². The molecule has 0 saturated carbocycles. The van der Waals surface area contributed by atoms with Gasteiger partial charge in [0.15, 0.2) is 0 Å². The molecular weight excluding hydrogens is 430 g/mol. The highest BCUT2D eigenvalue weighted by Crippen LogP contribution is 2.23. The Kier molecular flexibility index (Phi) is 7.41. The second-order valence-corrected chi connectivity index (χ2v) is 7.38. The largest absolute Gasteiger partial charge is 0.345 e. The van der Waals surface area contributed by atoms with Gasteiger partial charge in [0, 0.05) is 23.1 Å². The number of nitrogens with one attached hydrogen (secondary N) is 3. The monoisotopic (exact) mass is 451 g/mol. The van der Waals surface area contributed by atoms with Gasteiger partial charge in [-0.2, -0.15) is 0 Å². The lowest BCUT2D eigenvalue weighted by atomic mass is 9.98. The summed E-state index contributed by atoms with van der Waals surface area (Å²) in [5, 5.41) is 8.50. The topological polar surface area (TPSA) is 70.2 Å². The lowest BCUT2D eigenvalue weighted by Crippen LogP contribution is -2.35. The van der Waals surface area contributed by atoms with E-state index in [1.165, 1.54) is 0 Å². The molecule has 0 heterocycles. The summed E-state index contributed by atoms with van der Waals surface area (Å²) in [6, 6.07) is 26.2. The minimum Gasteiger partial charge on any atom is -0.345 e. The minimum atomic E-state index is -0.337. The first-order valence-corrected chi connectivity index (χ1v) is 10.1. The van der Waals surface area contributed by atoms with E-state index >= 15 is 0 Å². The third-order valence-corrected chi connectivity index (χ3v) is 4.84. The molecule has 0 fully saturated rings. The van der Waals surface area contributed by atoms with E-state index in [-0.39, 0.29) is 30.9 Å². The summed E-state index contributed by atoms with van der Waals surface area (Å²) in [6.07, 6.45) is 0.183. The van der Waals surface area contributed by atoms with Crippen molar-refractivity contribution in [2.45, 2.75) is 12.5 Å². The third-order valence-electron chi connectivity index (χ3n) is 4.31. The predicted octanol–water partition coefficient (Wildman–Crippen LogP) is 4.87. The Morgan fingerprint density at radius 2 is 1.38 bits per heavy atom. The van der Waals surface area contributed by atoms with Crippen LogP contribution in [0.15, 0.2) is 89.4 Å². The SMILES string of the molecule is O=C(CCNC(=O)Nc1ccccc1)NC(c1ccccc1)c1ccc(Br)cc1. The van der Waals surface area contributed by atoms with Gasteiger partial charge in [0.05, 0.1) is 6.04 Å². The van der Waals surface area contributed by atoms with Gasteiger partial charge in [-0.25, -0.2) is 4.79 Å². The lowest BCUT2D eigenvalue weighted by molar-refractivity contribution is -0.121. The Bertz CT molecular complexity index is 931. The molecule has 0 aliphatic heterocycles. The van der Waals surface area contributed by atoms with Gasteiger partial charge in [-0.05, 0) is 35.4 Å². The molecule has 3 amide bonds. The zero-order valence-electron chi connectivity index (χ0n) is 15.8. The highest BCUT2D eigenvalue weighted by molar-refractivity contribution is 9.10. The zero-order chi connectivity index (χ0) is 20.5. The van der Waals surface area contributed by atoms with Crippen molar-refractivity contribution in [2.75, 3.05) is 11.9 Å². The fourth-order valence-electron chi connectivity index (χ4n) is 2.88. The van der Waals surface area contributed by atoms with E-state index in [1.54, 1.807) is 12.1 Å². The number of amides is 3. The van der Waals surface area contributed by atoms with Crippen LogP contribution in [0.5, 0.6) is 0 Å². The van der Waals surface area contributed by atoms with E-state index in [1.807, 2.05) is 72.8 Å². The van der Waals surface area contributed by atoms with Gasteiger partial charge in [-0.1, -0.05) is 76.6 Å². The van der Waals surface area contributed by atoms with Crippen molar-refractivity contribution < 1.29 is 9.59 Å². The quantitative estimate of drug-likeness (QED) is 0.479. The second-order valence-electron chi connectivity index (χ2n) is 6.46. The van der Waals surface area contributed by atoms with Gasteiger partial charge >= 0.3 is 6.03 Å². The molecule has 0 aliphatic rings. The van der Waals surface area contributed by atoms with E-state index in [2.05, 4.69) is 31.9 Å². The molecule has 3 N–H and O–H groups in total. The van der Waals surface area contributed by atoms with Crippen molar-refractivity contribution in [2.24, 2.45) is 0 Å². The molecular formula is C23H22BrN3O2. The number of benzene rings is 3. The summed E-state index contributed by atoms with van der Waals surface area (Å²) < 4.78 is 0.980. The Hall–Kier alpha value is -3.12.